The molecule has 0 aliphatic carbocycles. The van der Waals surface area contributed by atoms with Gasteiger partial charge in [0.25, 0.3) is 5.91 Å². The standard InChI is InChI=1S/C15H16BrNO3S/c1-17(8-10-4-14(16)21-9-10)15(18)11-5-12(19-2)7-13(6-11)20-3/h4-7,9H,8H2,1-3H3. The highest BCUT2D eigenvalue weighted by atomic mass is 79.9. The Morgan fingerprint density at radius 1 is 1.19 bits per heavy atom. The van der Waals surface area contributed by atoms with Crippen molar-refractivity contribution >= 4 is 33.2 Å². The van der Waals surface area contributed by atoms with Gasteiger partial charge >= 0.3 is 0 Å². The minimum absolute atomic E-state index is 0.0745. The monoisotopic (exact) mass is 369 g/mol. The first-order chi connectivity index (χ1) is 10.0. The van der Waals surface area contributed by atoms with Crippen LogP contribution in [0.1, 0.15) is 15.9 Å². The third kappa shape index (κ3) is 3.98. The normalized spacial score (nSPS) is 10.3. The fourth-order valence-corrected chi connectivity index (χ4v) is 3.13. The number of amides is 1. The molecular weight excluding hydrogens is 354 g/mol. The molecule has 0 fully saturated rings. The zero-order chi connectivity index (χ0) is 15.4. The average Bonchev–Trinajstić information content (AvgIpc) is 2.90. The molecule has 6 heteroatoms. The molecule has 0 saturated carbocycles. The van der Waals surface area contributed by atoms with Crippen LogP contribution in [0, 0.1) is 0 Å². The van der Waals surface area contributed by atoms with Gasteiger partial charge in [-0.15, -0.1) is 11.3 Å². The maximum absolute atomic E-state index is 12.5. The Bertz CT molecular complexity index is 619. The van der Waals surface area contributed by atoms with Crippen LogP contribution in [0.3, 0.4) is 0 Å². The molecule has 0 atom stereocenters. The molecule has 0 radical (unpaired) electrons. The van der Waals surface area contributed by atoms with Crippen LogP contribution in [0.2, 0.25) is 0 Å². The smallest absolute Gasteiger partial charge is 0.254 e. The van der Waals surface area contributed by atoms with Crippen LogP contribution in [0.25, 0.3) is 0 Å². The van der Waals surface area contributed by atoms with E-state index in [1.165, 1.54) is 0 Å². The second-order valence-electron chi connectivity index (χ2n) is 4.52. The largest absolute Gasteiger partial charge is 0.497 e. The van der Waals surface area contributed by atoms with Crippen molar-refractivity contribution in [2.45, 2.75) is 6.54 Å². The quantitative estimate of drug-likeness (QED) is 0.804. The molecule has 0 spiro atoms. The first kappa shape index (κ1) is 15.9. The number of carbonyl (C=O) groups excluding carboxylic acids is 1. The third-order valence-electron chi connectivity index (χ3n) is 2.99. The van der Waals surface area contributed by atoms with E-state index in [0.29, 0.717) is 23.6 Å². The molecule has 2 rings (SSSR count). The molecular formula is C15H16BrNO3S. The van der Waals surface area contributed by atoms with E-state index in [1.54, 1.807) is 55.7 Å². The summed E-state index contributed by atoms with van der Waals surface area (Å²) in [5.74, 6) is 1.13. The second kappa shape index (κ2) is 6.95. The van der Waals surface area contributed by atoms with Gasteiger partial charge in [-0.05, 0) is 45.1 Å². The lowest BCUT2D eigenvalue weighted by atomic mass is 10.1. The van der Waals surface area contributed by atoms with Gasteiger partial charge in [0.15, 0.2) is 0 Å². The van der Waals surface area contributed by atoms with Crippen LogP contribution < -0.4 is 9.47 Å². The molecule has 1 aromatic heterocycles. The number of hydrogen-bond donors (Lipinski definition) is 0. The molecule has 0 bridgehead atoms. The molecule has 1 amide bonds. The average molecular weight is 370 g/mol. The number of ether oxygens (including phenoxy) is 2. The van der Waals surface area contributed by atoms with Crippen molar-refractivity contribution in [1.82, 2.24) is 4.90 Å². The summed E-state index contributed by atoms with van der Waals surface area (Å²) >= 11 is 5.03. The Hall–Kier alpha value is -1.53. The van der Waals surface area contributed by atoms with Crippen LogP contribution in [-0.2, 0) is 6.54 Å². The van der Waals surface area contributed by atoms with E-state index >= 15 is 0 Å². The number of halogens is 1. The minimum atomic E-state index is -0.0745. The maximum Gasteiger partial charge on any atom is 0.254 e. The number of nitrogens with zero attached hydrogens (tertiary/aromatic N) is 1. The van der Waals surface area contributed by atoms with Crippen LogP contribution in [0.5, 0.6) is 11.5 Å². The van der Waals surface area contributed by atoms with Gasteiger partial charge < -0.3 is 14.4 Å². The number of hydrogen-bond acceptors (Lipinski definition) is 4. The van der Waals surface area contributed by atoms with E-state index in [0.717, 1.165) is 9.35 Å². The zero-order valence-electron chi connectivity index (χ0n) is 12.1. The molecule has 112 valence electrons. The van der Waals surface area contributed by atoms with E-state index in [9.17, 15) is 4.79 Å². The van der Waals surface area contributed by atoms with E-state index < -0.39 is 0 Å². The van der Waals surface area contributed by atoms with Gasteiger partial charge in [-0.25, -0.2) is 0 Å². The SMILES string of the molecule is COc1cc(OC)cc(C(=O)N(C)Cc2csc(Br)c2)c1. The first-order valence-corrected chi connectivity index (χ1v) is 7.92. The molecule has 0 unspecified atom stereocenters. The summed E-state index contributed by atoms with van der Waals surface area (Å²) in [4.78, 5) is 14.2. The predicted molar refractivity (Wildman–Crippen MR) is 87.4 cm³/mol. The second-order valence-corrected chi connectivity index (χ2v) is 6.81. The number of thiophene rings is 1. The van der Waals surface area contributed by atoms with E-state index in [2.05, 4.69) is 15.9 Å². The van der Waals surface area contributed by atoms with E-state index in [4.69, 9.17) is 9.47 Å². The third-order valence-corrected chi connectivity index (χ3v) is 4.54. The summed E-state index contributed by atoms with van der Waals surface area (Å²) in [6.45, 7) is 0.556. The maximum atomic E-state index is 12.5. The molecule has 2 aromatic rings. The predicted octanol–water partition coefficient (Wildman–Crippen LogP) is 3.80. The highest BCUT2D eigenvalue weighted by Gasteiger charge is 2.15. The topological polar surface area (TPSA) is 38.8 Å². The Labute approximate surface area is 136 Å². The van der Waals surface area contributed by atoms with Gasteiger partial charge in [0.05, 0.1) is 18.0 Å². The summed E-state index contributed by atoms with van der Waals surface area (Å²) in [7, 11) is 4.91. The van der Waals surface area contributed by atoms with Crippen LogP contribution in [0.15, 0.2) is 33.4 Å². The molecule has 1 heterocycles. The van der Waals surface area contributed by atoms with Crippen LogP contribution in [-0.4, -0.2) is 32.1 Å². The Kier molecular flexibility index (Phi) is 5.25. The van der Waals surface area contributed by atoms with Crippen molar-refractivity contribution in [3.05, 3.63) is 44.6 Å². The Morgan fingerprint density at radius 2 is 1.81 bits per heavy atom. The summed E-state index contributed by atoms with van der Waals surface area (Å²) in [5.41, 5.74) is 1.64. The van der Waals surface area contributed by atoms with E-state index in [1.807, 2.05) is 11.4 Å². The van der Waals surface area contributed by atoms with Gasteiger partial charge in [-0.2, -0.15) is 0 Å². The lowest BCUT2D eigenvalue weighted by Gasteiger charge is -2.17. The van der Waals surface area contributed by atoms with Crippen LogP contribution in [0.4, 0.5) is 0 Å². The summed E-state index contributed by atoms with van der Waals surface area (Å²) in [6.07, 6.45) is 0. The molecule has 0 aliphatic rings. The highest BCUT2D eigenvalue weighted by molar-refractivity contribution is 9.11. The van der Waals surface area contributed by atoms with Crippen molar-refractivity contribution in [2.75, 3.05) is 21.3 Å². The van der Waals surface area contributed by atoms with Gasteiger partial charge in [0.1, 0.15) is 11.5 Å². The van der Waals surface area contributed by atoms with Crippen LogP contribution >= 0.6 is 27.3 Å². The molecule has 0 saturated heterocycles. The zero-order valence-corrected chi connectivity index (χ0v) is 14.5. The number of benzene rings is 1. The molecule has 1 aromatic carbocycles. The van der Waals surface area contributed by atoms with Crippen molar-refractivity contribution < 1.29 is 14.3 Å². The molecule has 0 aliphatic heterocycles. The number of carbonyl (C=O) groups is 1. The van der Waals surface area contributed by atoms with E-state index in [-0.39, 0.29) is 5.91 Å². The highest BCUT2D eigenvalue weighted by Crippen LogP contribution is 2.25. The first-order valence-electron chi connectivity index (χ1n) is 6.25. The van der Waals surface area contributed by atoms with Gasteiger partial charge in [-0.1, -0.05) is 0 Å². The molecule has 21 heavy (non-hydrogen) atoms. The van der Waals surface area contributed by atoms with Crippen molar-refractivity contribution in [3.63, 3.8) is 0 Å². The van der Waals surface area contributed by atoms with Crippen molar-refractivity contribution in [1.29, 1.82) is 0 Å². The summed E-state index contributed by atoms with van der Waals surface area (Å²) in [6, 6.07) is 7.18. The fourth-order valence-electron chi connectivity index (χ4n) is 1.93. The van der Waals surface area contributed by atoms with Crippen molar-refractivity contribution in [3.8, 4) is 11.5 Å². The lowest BCUT2D eigenvalue weighted by molar-refractivity contribution is 0.0784. The fraction of sp³-hybridized carbons (Fsp3) is 0.267. The molecule has 0 N–H and O–H groups in total. The Balaban J connectivity index is 2.18. The minimum Gasteiger partial charge on any atom is -0.497 e. The summed E-state index contributed by atoms with van der Waals surface area (Å²) in [5, 5.41) is 2.03. The Morgan fingerprint density at radius 3 is 2.29 bits per heavy atom. The van der Waals surface area contributed by atoms with Gasteiger partial charge in [-0.3, -0.25) is 4.79 Å². The van der Waals surface area contributed by atoms with Gasteiger partial charge in [0, 0.05) is 25.2 Å². The van der Waals surface area contributed by atoms with Crippen molar-refractivity contribution in [2.24, 2.45) is 0 Å². The van der Waals surface area contributed by atoms with Gasteiger partial charge in [0.2, 0.25) is 0 Å². The summed E-state index contributed by atoms with van der Waals surface area (Å²) < 4.78 is 11.4. The molecule has 4 nitrogen and oxygen atoms in total. The lowest BCUT2D eigenvalue weighted by Crippen LogP contribution is -2.26. The number of rotatable bonds is 5. The number of methoxy groups -OCH3 is 2.